The fourth-order valence-electron chi connectivity index (χ4n) is 3.43. The summed E-state index contributed by atoms with van der Waals surface area (Å²) in [4.78, 5) is 39.0. The summed E-state index contributed by atoms with van der Waals surface area (Å²) in [6.07, 6.45) is 8.75. The van der Waals surface area contributed by atoms with Gasteiger partial charge < -0.3 is 4.57 Å². The van der Waals surface area contributed by atoms with Crippen molar-refractivity contribution >= 4 is 56.4 Å². The molecule has 1 N–H and O–H groups in total. The van der Waals surface area contributed by atoms with Gasteiger partial charge in [-0.1, -0.05) is 40.0 Å². The number of imide groups is 2. The van der Waals surface area contributed by atoms with Crippen LogP contribution in [-0.4, -0.2) is 22.4 Å². The number of amides is 4. The van der Waals surface area contributed by atoms with Gasteiger partial charge in [-0.3, -0.25) is 14.9 Å². The van der Waals surface area contributed by atoms with Gasteiger partial charge in [-0.05, 0) is 42.8 Å². The summed E-state index contributed by atoms with van der Waals surface area (Å²) in [6, 6.07) is 11.9. The van der Waals surface area contributed by atoms with Gasteiger partial charge in [0.2, 0.25) is 0 Å². The Morgan fingerprint density at radius 2 is 1.93 bits per heavy atom. The zero-order valence-corrected chi connectivity index (χ0v) is 17.6. The number of hydrogen-bond donors (Lipinski definition) is 1. The maximum Gasteiger partial charge on any atom is 0.335 e. The van der Waals surface area contributed by atoms with E-state index in [1.807, 2.05) is 35.8 Å². The SMILES string of the molecule is C#CCn1cc(C=C2C(=O)NC(=O)N(c3ccc(Br)c(C)c3)C2=O)c2ccccc21. The van der Waals surface area contributed by atoms with E-state index in [9.17, 15) is 14.4 Å². The number of urea groups is 1. The highest BCUT2D eigenvalue weighted by molar-refractivity contribution is 9.10. The summed E-state index contributed by atoms with van der Waals surface area (Å²) in [5.41, 5.74) is 2.67. The van der Waals surface area contributed by atoms with E-state index in [4.69, 9.17) is 6.42 Å². The lowest BCUT2D eigenvalue weighted by Gasteiger charge is -2.26. The Balaban J connectivity index is 1.81. The summed E-state index contributed by atoms with van der Waals surface area (Å²) in [5, 5.41) is 3.10. The fraction of sp³-hybridized carbons (Fsp3) is 0.0870. The second kappa shape index (κ2) is 7.65. The van der Waals surface area contributed by atoms with Gasteiger partial charge in [-0.15, -0.1) is 6.42 Å². The van der Waals surface area contributed by atoms with Crippen LogP contribution in [0.25, 0.3) is 17.0 Å². The van der Waals surface area contributed by atoms with Crippen molar-refractivity contribution in [2.75, 3.05) is 4.90 Å². The van der Waals surface area contributed by atoms with Gasteiger partial charge in [0.25, 0.3) is 11.8 Å². The summed E-state index contributed by atoms with van der Waals surface area (Å²) >= 11 is 3.40. The molecule has 1 saturated heterocycles. The Kier molecular flexibility index (Phi) is 5.02. The lowest BCUT2D eigenvalue weighted by molar-refractivity contribution is -0.122. The van der Waals surface area contributed by atoms with E-state index >= 15 is 0 Å². The van der Waals surface area contributed by atoms with Crippen molar-refractivity contribution in [3.8, 4) is 12.3 Å². The molecule has 1 aliphatic heterocycles. The monoisotopic (exact) mass is 461 g/mol. The van der Waals surface area contributed by atoms with Crippen LogP contribution in [0.2, 0.25) is 0 Å². The Labute approximate surface area is 181 Å². The second-order valence-corrected chi connectivity index (χ2v) is 7.68. The number of rotatable bonds is 3. The molecular formula is C23H16BrN3O3. The molecule has 2 aromatic carbocycles. The molecule has 0 bridgehead atoms. The topological polar surface area (TPSA) is 71.4 Å². The molecule has 0 unspecified atom stereocenters. The molecule has 0 aliphatic carbocycles. The molecule has 3 aromatic rings. The number of halogens is 1. The van der Waals surface area contributed by atoms with Crippen LogP contribution in [0.4, 0.5) is 10.5 Å². The van der Waals surface area contributed by atoms with Crippen molar-refractivity contribution < 1.29 is 14.4 Å². The van der Waals surface area contributed by atoms with Crippen LogP contribution in [0.15, 0.2) is 58.7 Å². The molecule has 1 fully saturated rings. The Morgan fingerprint density at radius 3 is 2.67 bits per heavy atom. The lowest BCUT2D eigenvalue weighted by Crippen LogP contribution is -2.54. The molecular weight excluding hydrogens is 446 g/mol. The summed E-state index contributed by atoms with van der Waals surface area (Å²) in [7, 11) is 0. The van der Waals surface area contributed by atoms with E-state index < -0.39 is 17.8 Å². The molecule has 1 aromatic heterocycles. The van der Waals surface area contributed by atoms with Crippen LogP contribution >= 0.6 is 15.9 Å². The van der Waals surface area contributed by atoms with Crippen molar-refractivity contribution in [3.63, 3.8) is 0 Å². The maximum atomic E-state index is 13.1. The average Bonchev–Trinajstić information content (AvgIpc) is 3.06. The third kappa shape index (κ3) is 3.31. The molecule has 4 rings (SSSR count). The molecule has 6 nitrogen and oxygen atoms in total. The number of nitrogens with zero attached hydrogens (tertiary/aromatic N) is 2. The molecule has 148 valence electrons. The standard InChI is InChI=1S/C23H16BrN3O3/c1-3-10-26-13-15(17-6-4-5-7-20(17)26)12-18-21(28)25-23(30)27(22(18)29)16-8-9-19(24)14(2)11-16/h1,4-9,11-13H,10H2,2H3,(H,25,28,30). The maximum absolute atomic E-state index is 13.1. The minimum absolute atomic E-state index is 0.126. The average molecular weight is 462 g/mol. The van der Waals surface area contributed by atoms with Gasteiger partial charge in [0, 0.05) is 27.1 Å². The number of fused-ring (bicyclic) bond motifs is 1. The molecule has 30 heavy (non-hydrogen) atoms. The van der Waals surface area contributed by atoms with Crippen molar-refractivity contribution in [2.45, 2.75) is 13.5 Å². The second-order valence-electron chi connectivity index (χ2n) is 6.82. The third-order valence-electron chi connectivity index (χ3n) is 4.88. The van der Waals surface area contributed by atoms with E-state index in [2.05, 4.69) is 27.2 Å². The number of barbiturate groups is 1. The number of aryl methyl sites for hydroxylation is 1. The predicted octanol–water partition coefficient (Wildman–Crippen LogP) is 4.01. The highest BCUT2D eigenvalue weighted by Gasteiger charge is 2.37. The summed E-state index contributed by atoms with van der Waals surface area (Å²) in [5.74, 6) is 1.18. The first-order valence-corrected chi connectivity index (χ1v) is 9.89. The van der Waals surface area contributed by atoms with E-state index in [1.165, 1.54) is 6.08 Å². The fourth-order valence-corrected chi connectivity index (χ4v) is 3.68. The summed E-state index contributed by atoms with van der Waals surface area (Å²) in [6.45, 7) is 2.20. The minimum Gasteiger partial charge on any atom is -0.335 e. The number of para-hydroxylation sites is 1. The molecule has 4 amide bonds. The van der Waals surface area contributed by atoms with Crippen molar-refractivity contribution in [2.24, 2.45) is 0 Å². The first-order chi connectivity index (χ1) is 14.4. The van der Waals surface area contributed by atoms with Gasteiger partial charge in [-0.25, -0.2) is 9.69 Å². The van der Waals surface area contributed by atoms with Crippen LogP contribution in [0.1, 0.15) is 11.1 Å². The molecule has 0 spiro atoms. The van der Waals surface area contributed by atoms with E-state index in [0.717, 1.165) is 25.8 Å². The zero-order chi connectivity index (χ0) is 21.4. The van der Waals surface area contributed by atoms with Gasteiger partial charge in [-0.2, -0.15) is 0 Å². The third-order valence-corrected chi connectivity index (χ3v) is 5.77. The zero-order valence-electron chi connectivity index (χ0n) is 16.0. The van der Waals surface area contributed by atoms with Crippen molar-refractivity contribution in [3.05, 3.63) is 69.8 Å². The van der Waals surface area contributed by atoms with Crippen LogP contribution in [0.3, 0.4) is 0 Å². The van der Waals surface area contributed by atoms with Crippen LogP contribution in [0, 0.1) is 19.3 Å². The van der Waals surface area contributed by atoms with Gasteiger partial charge in [0.15, 0.2) is 0 Å². The largest absolute Gasteiger partial charge is 0.335 e. The Morgan fingerprint density at radius 1 is 1.17 bits per heavy atom. The predicted molar refractivity (Wildman–Crippen MR) is 119 cm³/mol. The van der Waals surface area contributed by atoms with Gasteiger partial charge >= 0.3 is 6.03 Å². The number of aromatic nitrogens is 1. The van der Waals surface area contributed by atoms with Crippen molar-refractivity contribution in [1.82, 2.24) is 9.88 Å². The Bertz CT molecular complexity index is 1300. The number of anilines is 1. The number of benzene rings is 2. The van der Waals surface area contributed by atoms with E-state index in [-0.39, 0.29) is 5.57 Å². The van der Waals surface area contributed by atoms with Crippen LogP contribution in [0.5, 0.6) is 0 Å². The number of terminal acetylenes is 1. The smallest absolute Gasteiger partial charge is 0.335 e. The van der Waals surface area contributed by atoms with Gasteiger partial charge in [0.1, 0.15) is 5.57 Å². The molecule has 0 atom stereocenters. The number of carbonyl (C=O) groups excluding carboxylic acids is 3. The van der Waals surface area contributed by atoms with E-state index in [1.54, 1.807) is 24.4 Å². The highest BCUT2D eigenvalue weighted by Crippen LogP contribution is 2.28. The summed E-state index contributed by atoms with van der Waals surface area (Å²) < 4.78 is 2.72. The normalized spacial score (nSPS) is 15.6. The first kappa shape index (κ1) is 19.7. The number of hydrogen-bond acceptors (Lipinski definition) is 3. The van der Waals surface area contributed by atoms with Crippen LogP contribution < -0.4 is 10.2 Å². The Hall–Kier alpha value is -3.63. The van der Waals surface area contributed by atoms with Gasteiger partial charge in [0.05, 0.1) is 12.2 Å². The molecule has 0 radical (unpaired) electrons. The first-order valence-electron chi connectivity index (χ1n) is 9.09. The van der Waals surface area contributed by atoms with Crippen LogP contribution in [-0.2, 0) is 16.1 Å². The lowest BCUT2D eigenvalue weighted by atomic mass is 10.1. The van der Waals surface area contributed by atoms with E-state index in [0.29, 0.717) is 17.8 Å². The number of nitrogens with one attached hydrogen (secondary N) is 1. The quantitative estimate of drug-likeness (QED) is 0.363. The minimum atomic E-state index is -0.779. The number of carbonyl (C=O) groups is 3. The molecule has 1 aliphatic rings. The molecule has 7 heteroatoms. The molecule has 2 heterocycles. The van der Waals surface area contributed by atoms with Crippen molar-refractivity contribution in [1.29, 1.82) is 0 Å². The molecule has 0 saturated carbocycles. The highest BCUT2D eigenvalue weighted by atomic mass is 79.9.